The molecule has 204 valence electrons. The highest BCUT2D eigenvalue weighted by Gasteiger charge is 2.17. The smallest absolute Gasteiger partial charge is 0.206 e. The molecule has 0 bridgehead atoms. The monoisotopic (exact) mass is 571 g/mol. The van der Waals surface area contributed by atoms with Crippen LogP contribution in [0.4, 0.5) is 11.4 Å². The van der Waals surface area contributed by atoms with E-state index in [-0.39, 0.29) is 15.5 Å². The van der Waals surface area contributed by atoms with Crippen LogP contribution in [0, 0.1) is 0 Å². The molecule has 0 aliphatic heterocycles. The SMILES string of the molecule is CS(=O)(=O)CCNCc1ccc(-c2ccc3c(Nc4ccc(S(=O)(=O)c5ccccc5)cc4)ccnc3c2)cc1. The van der Waals surface area contributed by atoms with E-state index in [1.54, 1.807) is 60.8 Å². The number of benzene rings is 4. The molecular weight excluding hydrogens is 542 g/mol. The van der Waals surface area contributed by atoms with Gasteiger partial charge in [0.05, 0.1) is 21.1 Å². The van der Waals surface area contributed by atoms with Gasteiger partial charge in [-0.3, -0.25) is 4.98 Å². The van der Waals surface area contributed by atoms with Gasteiger partial charge in [-0.15, -0.1) is 0 Å². The molecule has 1 aromatic heterocycles. The van der Waals surface area contributed by atoms with Crippen LogP contribution in [0.1, 0.15) is 5.56 Å². The Morgan fingerprint density at radius 3 is 2.10 bits per heavy atom. The second-order valence-corrected chi connectivity index (χ2v) is 13.8. The average Bonchev–Trinajstić information content (AvgIpc) is 2.96. The van der Waals surface area contributed by atoms with E-state index in [2.05, 4.69) is 15.6 Å². The number of pyridine rings is 1. The summed E-state index contributed by atoms with van der Waals surface area (Å²) < 4.78 is 48.3. The Morgan fingerprint density at radius 1 is 0.725 bits per heavy atom. The van der Waals surface area contributed by atoms with Crippen molar-refractivity contribution in [3.05, 3.63) is 115 Å². The summed E-state index contributed by atoms with van der Waals surface area (Å²) in [4.78, 5) is 5.06. The number of hydrogen-bond acceptors (Lipinski definition) is 7. The van der Waals surface area contributed by atoms with E-state index in [9.17, 15) is 16.8 Å². The summed E-state index contributed by atoms with van der Waals surface area (Å²) in [5, 5.41) is 7.49. The number of hydrogen-bond donors (Lipinski definition) is 2. The molecule has 0 saturated carbocycles. The van der Waals surface area contributed by atoms with E-state index >= 15 is 0 Å². The van der Waals surface area contributed by atoms with Gasteiger partial charge in [0.2, 0.25) is 9.84 Å². The fourth-order valence-electron chi connectivity index (χ4n) is 4.35. The molecule has 40 heavy (non-hydrogen) atoms. The van der Waals surface area contributed by atoms with Crippen LogP contribution in [0.2, 0.25) is 0 Å². The summed E-state index contributed by atoms with van der Waals surface area (Å²) in [6, 6.07) is 31.3. The van der Waals surface area contributed by atoms with Gasteiger partial charge in [0.25, 0.3) is 0 Å². The van der Waals surface area contributed by atoms with Crippen molar-refractivity contribution >= 4 is 42.0 Å². The van der Waals surface area contributed by atoms with Crippen LogP contribution in [-0.4, -0.2) is 40.4 Å². The fourth-order valence-corrected chi connectivity index (χ4v) is 6.15. The molecule has 2 N–H and O–H groups in total. The Morgan fingerprint density at radius 2 is 1.40 bits per heavy atom. The number of rotatable bonds is 10. The summed E-state index contributed by atoms with van der Waals surface area (Å²) in [5.74, 6) is 0.119. The minimum Gasteiger partial charge on any atom is -0.355 e. The molecule has 9 heteroatoms. The number of sulfone groups is 2. The van der Waals surface area contributed by atoms with Crippen LogP contribution in [0.5, 0.6) is 0 Å². The van der Waals surface area contributed by atoms with Crippen LogP contribution in [0.3, 0.4) is 0 Å². The van der Waals surface area contributed by atoms with Crippen LogP contribution < -0.4 is 10.6 Å². The third-order valence-electron chi connectivity index (χ3n) is 6.51. The number of aromatic nitrogens is 1. The summed E-state index contributed by atoms with van der Waals surface area (Å²) in [5.41, 5.74) is 5.62. The molecule has 5 rings (SSSR count). The Hall–Kier alpha value is -4.05. The highest BCUT2D eigenvalue weighted by atomic mass is 32.2. The van der Waals surface area contributed by atoms with Crippen molar-refractivity contribution < 1.29 is 16.8 Å². The second-order valence-electron chi connectivity index (χ2n) is 9.56. The van der Waals surface area contributed by atoms with Crippen LogP contribution >= 0.6 is 0 Å². The Bertz CT molecular complexity index is 1840. The molecule has 0 aliphatic rings. The standard InChI is InChI=1S/C31H29N3O4S2/c1-39(35,36)20-19-32-22-23-7-9-24(10-8-23)25-11-16-29-30(17-18-33-31(29)21-25)34-26-12-14-28(15-13-26)40(37,38)27-5-3-2-4-6-27/h2-18,21,32H,19-20,22H2,1H3,(H,33,34). The van der Waals surface area contributed by atoms with Gasteiger partial charge in [-0.05, 0) is 65.2 Å². The molecule has 0 aliphatic carbocycles. The van der Waals surface area contributed by atoms with Gasteiger partial charge < -0.3 is 10.6 Å². The van der Waals surface area contributed by atoms with Gasteiger partial charge in [-0.25, -0.2) is 16.8 Å². The normalized spacial score (nSPS) is 11.9. The minimum absolute atomic E-state index is 0.119. The molecule has 4 aromatic carbocycles. The first kappa shape index (κ1) is 27.5. The van der Waals surface area contributed by atoms with Gasteiger partial charge in [-0.1, -0.05) is 54.6 Å². The lowest BCUT2D eigenvalue weighted by Crippen LogP contribution is -2.21. The molecule has 0 unspecified atom stereocenters. The third-order valence-corrected chi connectivity index (χ3v) is 9.24. The first-order chi connectivity index (χ1) is 19.2. The van der Waals surface area contributed by atoms with E-state index in [4.69, 9.17) is 0 Å². The fraction of sp³-hybridized carbons (Fsp3) is 0.129. The van der Waals surface area contributed by atoms with Crippen LogP contribution in [0.25, 0.3) is 22.0 Å². The minimum atomic E-state index is -3.57. The zero-order valence-corrected chi connectivity index (χ0v) is 23.5. The molecule has 0 fully saturated rings. The first-order valence-corrected chi connectivity index (χ1v) is 16.3. The topological polar surface area (TPSA) is 105 Å². The zero-order chi connectivity index (χ0) is 28.2. The van der Waals surface area contributed by atoms with E-state index in [0.29, 0.717) is 13.1 Å². The molecule has 0 radical (unpaired) electrons. The van der Waals surface area contributed by atoms with Gasteiger partial charge in [0, 0.05) is 42.3 Å². The van der Waals surface area contributed by atoms with Crippen LogP contribution in [-0.2, 0) is 26.2 Å². The highest BCUT2D eigenvalue weighted by molar-refractivity contribution is 7.91. The predicted octanol–water partition coefficient (Wildman–Crippen LogP) is 5.61. The van der Waals surface area contributed by atoms with Crippen molar-refractivity contribution in [2.75, 3.05) is 23.9 Å². The molecule has 0 atom stereocenters. The lowest BCUT2D eigenvalue weighted by atomic mass is 10.0. The number of nitrogens with zero attached hydrogens (tertiary/aromatic N) is 1. The lowest BCUT2D eigenvalue weighted by molar-refractivity contribution is 0.594. The van der Waals surface area contributed by atoms with Gasteiger partial charge in [0.15, 0.2) is 0 Å². The summed E-state index contributed by atoms with van der Waals surface area (Å²) in [7, 11) is -6.54. The molecule has 0 spiro atoms. The largest absolute Gasteiger partial charge is 0.355 e. The molecule has 7 nitrogen and oxygen atoms in total. The van der Waals surface area contributed by atoms with Crippen molar-refractivity contribution in [2.24, 2.45) is 0 Å². The van der Waals surface area contributed by atoms with Crippen LogP contribution in [0.15, 0.2) is 119 Å². The molecule has 0 saturated heterocycles. The Labute approximate surface area is 234 Å². The van der Waals surface area contributed by atoms with E-state index < -0.39 is 19.7 Å². The number of fused-ring (bicyclic) bond motifs is 1. The summed E-state index contributed by atoms with van der Waals surface area (Å²) in [6.07, 6.45) is 2.98. The maximum atomic E-state index is 12.9. The second kappa shape index (κ2) is 11.6. The van der Waals surface area contributed by atoms with Crippen molar-refractivity contribution in [3.63, 3.8) is 0 Å². The number of nitrogens with one attached hydrogen (secondary N) is 2. The van der Waals surface area contributed by atoms with Crippen molar-refractivity contribution in [2.45, 2.75) is 16.3 Å². The Kier molecular flexibility index (Phi) is 7.97. The van der Waals surface area contributed by atoms with Crippen molar-refractivity contribution in [1.82, 2.24) is 10.3 Å². The predicted molar refractivity (Wildman–Crippen MR) is 160 cm³/mol. The highest BCUT2D eigenvalue weighted by Crippen LogP contribution is 2.30. The zero-order valence-electron chi connectivity index (χ0n) is 21.9. The van der Waals surface area contributed by atoms with Gasteiger partial charge in [0.1, 0.15) is 9.84 Å². The maximum absolute atomic E-state index is 12.9. The summed E-state index contributed by atoms with van der Waals surface area (Å²) >= 11 is 0. The lowest BCUT2D eigenvalue weighted by Gasteiger charge is -2.12. The third kappa shape index (κ3) is 6.56. The maximum Gasteiger partial charge on any atom is 0.206 e. The van der Waals surface area contributed by atoms with E-state index in [1.807, 2.05) is 48.5 Å². The summed E-state index contributed by atoms with van der Waals surface area (Å²) in [6.45, 7) is 1.02. The molecule has 0 amide bonds. The Balaban J connectivity index is 1.29. The first-order valence-electron chi connectivity index (χ1n) is 12.7. The average molecular weight is 572 g/mol. The van der Waals surface area contributed by atoms with Gasteiger partial charge >= 0.3 is 0 Å². The van der Waals surface area contributed by atoms with Gasteiger partial charge in [-0.2, -0.15) is 0 Å². The number of anilines is 2. The van der Waals surface area contributed by atoms with E-state index in [0.717, 1.165) is 39.0 Å². The quantitative estimate of drug-likeness (QED) is 0.210. The molecule has 5 aromatic rings. The molecule has 1 heterocycles. The van der Waals surface area contributed by atoms with Crippen molar-refractivity contribution in [1.29, 1.82) is 0 Å². The molecular formula is C31H29N3O4S2. The van der Waals surface area contributed by atoms with Crippen molar-refractivity contribution in [3.8, 4) is 11.1 Å². The van der Waals surface area contributed by atoms with E-state index in [1.165, 1.54) is 6.26 Å².